The highest BCUT2D eigenvalue weighted by molar-refractivity contribution is 5.86. The summed E-state index contributed by atoms with van der Waals surface area (Å²) in [7, 11) is 2.94. The number of aromatic nitrogens is 2. The van der Waals surface area contributed by atoms with E-state index in [1.54, 1.807) is 7.11 Å². The Morgan fingerprint density at radius 3 is 2.58 bits per heavy atom. The molecule has 1 aromatic heterocycles. The maximum absolute atomic E-state index is 11.1. The molecule has 0 unspecified atom stereocenters. The van der Waals surface area contributed by atoms with Crippen molar-refractivity contribution in [1.29, 1.82) is 0 Å². The summed E-state index contributed by atoms with van der Waals surface area (Å²) in [6.45, 7) is 2.15. The zero-order valence-electron chi connectivity index (χ0n) is 11.1. The number of carbonyl (C=O) groups excluding carboxylic acids is 1. The molecule has 1 rings (SSSR count). The van der Waals surface area contributed by atoms with Crippen LogP contribution in [-0.4, -0.2) is 56.6 Å². The monoisotopic (exact) mass is 270 g/mol. The summed E-state index contributed by atoms with van der Waals surface area (Å²) < 4.78 is 20.0. The lowest BCUT2D eigenvalue weighted by Crippen LogP contribution is -2.10. The molecule has 0 aliphatic carbocycles. The second kappa shape index (κ2) is 9.23. The zero-order chi connectivity index (χ0) is 13.9. The number of hydrogen-bond donors (Lipinski definition) is 0. The van der Waals surface area contributed by atoms with Gasteiger partial charge < -0.3 is 18.9 Å². The third-order valence-corrected chi connectivity index (χ3v) is 2.14. The van der Waals surface area contributed by atoms with Crippen molar-refractivity contribution < 1.29 is 23.7 Å². The van der Waals surface area contributed by atoms with Crippen LogP contribution in [-0.2, 0) is 14.2 Å². The van der Waals surface area contributed by atoms with Gasteiger partial charge >= 0.3 is 5.97 Å². The van der Waals surface area contributed by atoms with Gasteiger partial charge in [0.15, 0.2) is 5.69 Å². The Balaban J connectivity index is 2.18. The van der Waals surface area contributed by atoms with Gasteiger partial charge in [-0.05, 0) is 6.42 Å². The first kappa shape index (κ1) is 15.3. The van der Waals surface area contributed by atoms with Crippen LogP contribution in [0.4, 0.5) is 0 Å². The first-order valence-corrected chi connectivity index (χ1v) is 5.87. The molecule has 7 heteroatoms. The number of esters is 1. The summed E-state index contributed by atoms with van der Waals surface area (Å²) in [5, 5.41) is 0. The van der Waals surface area contributed by atoms with E-state index >= 15 is 0 Å². The van der Waals surface area contributed by atoms with Gasteiger partial charge in [-0.15, -0.1) is 0 Å². The first-order chi connectivity index (χ1) is 9.27. The number of methoxy groups -OCH3 is 2. The Morgan fingerprint density at radius 1 is 1.11 bits per heavy atom. The molecule has 0 saturated heterocycles. The summed E-state index contributed by atoms with van der Waals surface area (Å²) in [6, 6.07) is 0. The molecule has 0 aliphatic heterocycles. The van der Waals surface area contributed by atoms with Gasteiger partial charge in [0.25, 0.3) is 0 Å². The average molecular weight is 270 g/mol. The van der Waals surface area contributed by atoms with Gasteiger partial charge in [-0.3, -0.25) is 0 Å². The highest BCUT2D eigenvalue weighted by atomic mass is 16.5. The predicted octanol–water partition coefficient (Wildman–Crippen LogP) is 0.695. The van der Waals surface area contributed by atoms with Crippen molar-refractivity contribution in [3.63, 3.8) is 0 Å². The largest absolute Gasteiger partial charge is 0.474 e. The van der Waals surface area contributed by atoms with Crippen LogP contribution in [0.1, 0.15) is 16.9 Å². The molecule has 0 atom stereocenters. The van der Waals surface area contributed by atoms with Gasteiger partial charge in [0.1, 0.15) is 6.61 Å². The minimum Gasteiger partial charge on any atom is -0.474 e. The molecule has 0 N–H and O–H groups in total. The standard InChI is InChI=1S/C12H18N2O5/c1-16-4-3-5-18-6-7-19-11-9-13-10(8-14-11)12(15)17-2/h8-9H,3-7H2,1-2H3. The number of rotatable bonds is 9. The van der Waals surface area contributed by atoms with Crippen LogP contribution in [0.3, 0.4) is 0 Å². The molecule has 1 heterocycles. The van der Waals surface area contributed by atoms with Crippen molar-refractivity contribution in [1.82, 2.24) is 9.97 Å². The van der Waals surface area contributed by atoms with Gasteiger partial charge in [0.05, 0.1) is 26.1 Å². The summed E-state index contributed by atoms with van der Waals surface area (Å²) in [4.78, 5) is 18.9. The van der Waals surface area contributed by atoms with Gasteiger partial charge in [0.2, 0.25) is 5.88 Å². The fourth-order valence-corrected chi connectivity index (χ4v) is 1.21. The van der Waals surface area contributed by atoms with E-state index in [0.29, 0.717) is 32.3 Å². The summed E-state index contributed by atoms with van der Waals surface area (Å²) >= 11 is 0. The van der Waals surface area contributed by atoms with Crippen LogP contribution >= 0.6 is 0 Å². The van der Waals surface area contributed by atoms with Crippen molar-refractivity contribution in [2.45, 2.75) is 6.42 Å². The second-order valence-corrected chi connectivity index (χ2v) is 3.54. The van der Waals surface area contributed by atoms with E-state index in [2.05, 4.69) is 14.7 Å². The number of nitrogens with zero attached hydrogens (tertiary/aromatic N) is 2. The summed E-state index contributed by atoms with van der Waals surface area (Å²) in [5.41, 5.74) is 0.144. The van der Waals surface area contributed by atoms with Crippen LogP contribution in [0.2, 0.25) is 0 Å². The molecule has 0 radical (unpaired) electrons. The van der Waals surface area contributed by atoms with E-state index in [0.717, 1.165) is 6.42 Å². The Kier molecular flexibility index (Phi) is 7.45. The summed E-state index contributed by atoms with van der Waals surface area (Å²) in [6.07, 6.45) is 3.53. The van der Waals surface area contributed by atoms with Gasteiger partial charge in [-0.1, -0.05) is 0 Å². The molecule has 0 aliphatic rings. The molecule has 0 spiro atoms. The van der Waals surface area contributed by atoms with Crippen LogP contribution in [0.5, 0.6) is 5.88 Å². The highest BCUT2D eigenvalue weighted by Crippen LogP contribution is 2.04. The predicted molar refractivity (Wildman–Crippen MR) is 66.2 cm³/mol. The smallest absolute Gasteiger partial charge is 0.358 e. The third kappa shape index (κ3) is 6.12. The number of hydrogen-bond acceptors (Lipinski definition) is 7. The third-order valence-electron chi connectivity index (χ3n) is 2.14. The molecule has 19 heavy (non-hydrogen) atoms. The van der Waals surface area contributed by atoms with E-state index in [1.807, 2.05) is 0 Å². The molecule has 7 nitrogen and oxygen atoms in total. The van der Waals surface area contributed by atoms with Gasteiger partial charge in [-0.2, -0.15) is 0 Å². The molecule has 0 bridgehead atoms. The Morgan fingerprint density at radius 2 is 1.95 bits per heavy atom. The molecule has 106 valence electrons. The molecule has 0 fully saturated rings. The quantitative estimate of drug-likeness (QED) is 0.482. The van der Waals surface area contributed by atoms with Gasteiger partial charge in [0, 0.05) is 20.3 Å². The molecular formula is C12H18N2O5. The van der Waals surface area contributed by atoms with Crippen LogP contribution in [0.25, 0.3) is 0 Å². The van der Waals surface area contributed by atoms with E-state index < -0.39 is 5.97 Å². The minimum absolute atomic E-state index is 0.144. The first-order valence-electron chi connectivity index (χ1n) is 5.87. The van der Waals surface area contributed by atoms with Crippen LogP contribution in [0, 0.1) is 0 Å². The lowest BCUT2D eigenvalue weighted by molar-refractivity contribution is 0.0592. The Labute approximate surface area is 111 Å². The molecule has 0 saturated carbocycles. The molecule has 0 amide bonds. The molecule has 0 aromatic carbocycles. The van der Waals surface area contributed by atoms with Crippen LogP contribution < -0.4 is 4.74 Å². The topological polar surface area (TPSA) is 79.8 Å². The highest BCUT2D eigenvalue weighted by Gasteiger charge is 2.07. The molecule has 1 aromatic rings. The van der Waals surface area contributed by atoms with Crippen molar-refractivity contribution in [2.24, 2.45) is 0 Å². The Bertz CT molecular complexity index is 369. The SMILES string of the molecule is COCCCOCCOc1cnc(C(=O)OC)cn1. The zero-order valence-corrected chi connectivity index (χ0v) is 11.1. The van der Waals surface area contributed by atoms with E-state index in [-0.39, 0.29) is 5.69 Å². The van der Waals surface area contributed by atoms with Crippen molar-refractivity contribution >= 4 is 5.97 Å². The second-order valence-electron chi connectivity index (χ2n) is 3.54. The van der Waals surface area contributed by atoms with E-state index in [4.69, 9.17) is 14.2 Å². The van der Waals surface area contributed by atoms with E-state index in [1.165, 1.54) is 19.5 Å². The van der Waals surface area contributed by atoms with Crippen molar-refractivity contribution in [3.8, 4) is 5.88 Å². The van der Waals surface area contributed by atoms with E-state index in [9.17, 15) is 4.79 Å². The summed E-state index contributed by atoms with van der Waals surface area (Å²) in [5.74, 6) is -0.186. The molecular weight excluding hydrogens is 252 g/mol. The van der Waals surface area contributed by atoms with Crippen LogP contribution in [0.15, 0.2) is 12.4 Å². The lowest BCUT2D eigenvalue weighted by Gasteiger charge is -2.06. The Hall–Kier alpha value is -1.73. The van der Waals surface area contributed by atoms with Crippen molar-refractivity contribution in [3.05, 3.63) is 18.1 Å². The maximum atomic E-state index is 11.1. The minimum atomic E-state index is -0.527. The maximum Gasteiger partial charge on any atom is 0.358 e. The fourth-order valence-electron chi connectivity index (χ4n) is 1.21. The normalized spacial score (nSPS) is 10.2. The van der Waals surface area contributed by atoms with Gasteiger partial charge in [-0.25, -0.2) is 14.8 Å². The number of carbonyl (C=O) groups is 1. The fraction of sp³-hybridized carbons (Fsp3) is 0.583. The van der Waals surface area contributed by atoms with Crippen molar-refractivity contribution in [2.75, 3.05) is 40.6 Å². The number of ether oxygens (including phenoxy) is 4. The lowest BCUT2D eigenvalue weighted by atomic mass is 10.4. The average Bonchev–Trinajstić information content (AvgIpc) is 2.46.